The summed E-state index contributed by atoms with van der Waals surface area (Å²) in [5.41, 5.74) is 3.12. The smallest absolute Gasteiger partial charge is 0.297 e. The lowest BCUT2D eigenvalue weighted by molar-refractivity contribution is 0.0951. The molecular formula is C23H24N4O2. The van der Waals surface area contributed by atoms with E-state index in [1.807, 2.05) is 31.2 Å². The Morgan fingerprint density at radius 2 is 1.97 bits per heavy atom. The molecule has 0 spiro atoms. The van der Waals surface area contributed by atoms with Crippen LogP contribution in [0.15, 0.2) is 65.7 Å². The second-order valence-corrected chi connectivity index (χ2v) is 7.36. The van der Waals surface area contributed by atoms with Gasteiger partial charge in [0.1, 0.15) is 0 Å². The highest BCUT2D eigenvalue weighted by Gasteiger charge is 2.24. The third-order valence-electron chi connectivity index (χ3n) is 5.03. The molecule has 1 fully saturated rings. The lowest BCUT2D eigenvalue weighted by atomic mass is 10.1. The SMILES string of the molecule is Cc1ccc(C(=O)NC2CC2)cc1-n1ccnc(NCCc2ccccc2)c1=O. The molecule has 0 atom stereocenters. The van der Waals surface area contributed by atoms with Gasteiger partial charge >= 0.3 is 0 Å². The molecule has 0 radical (unpaired) electrons. The number of carbonyl (C=O) groups is 1. The Morgan fingerprint density at radius 3 is 2.72 bits per heavy atom. The number of aryl methyl sites for hydroxylation is 1. The van der Waals surface area contributed by atoms with Crippen LogP contribution < -0.4 is 16.2 Å². The molecule has 0 bridgehead atoms. The number of anilines is 1. The lowest BCUT2D eigenvalue weighted by Gasteiger charge is -2.13. The number of rotatable bonds is 7. The molecule has 148 valence electrons. The van der Waals surface area contributed by atoms with Crippen molar-refractivity contribution in [2.24, 2.45) is 0 Å². The van der Waals surface area contributed by atoms with Gasteiger partial charge in [-0.25, -0.2) is 4.98 Å². The van der Waals surface area contributed by atoms with E-state index in [2.05, 4.69) is 27.8 Å². The van der Waals surface area contributed by atoms with E-state index in [1.54, 1.807) is 29.1 Å². The molecule has 1 saturated carbocycles. The van der Waals surface area contributed by atoms with Gasteiger partial charge in [-0.15, -0.1) is 0 Å². The van der Waals surface area contributed by atoms with E-state index in [1.165, 1.54) is 5.56 Å². The predicted molar refractivity (Wildman–Crippen MR) is 114 cm³/mol. The van der Waals surface area contributed by atoms with E-state index < -0.39 is 0 Å². The predicted octanol–water partition coefficient (Wildman–Crippen LogP) is 3.09. The maximum Gasteiger partial charge on any atom is 0.297 e. The molecule has 0 saturated heterocycles. The third kappa shape index (κ3) is 4.54. The zero-order chi connectivity index (χ0) is 20.2. The Morgan fingerprint density at radius 1 is 1.17 bits per heavy atom. The first-order valence-corrected chi connectivity index (χ1v) is 9.89. The number of aromatic nitrogens is 2. The van der Waals surface area contributed by atoms with Crippen LogP contribution in [-0.2, 0) is 6.42 Å². The summed E-state index contributed by atoms with van der Waals surface area (Å²) in [6.45, 7) is 2.53. The van der Waals surface area contributed by atoms with E-state index in [9.17, 15) is 9.59 Å². The summed E-state index contributed by atoms with van der Waals surface area (Å²) in [6, 6.07) is 15.8. The van der Waals surface area contributed by atoms with Gasteiger partial charge in [-0.05, 0) is 49.4 Å². The van der Waals surface area contributed by atoms with Crippen molar-refractivity contribution in [3.05, 3.63) is 88.0 Å². The van der Waals surface area contributed by atoms with Gasteiger partial charge in [0.15, 0.2) is 5.82 Å². The minimum absolute atomic E-state index is 0.0999. The van der Waals surface area contributed by atoms with Gasteiger partial charge in [0.05, 0.1) is 5.69 Å². The summed E-state index contributed by atoms with van der Waals surface area (Å²) in [5.74, 6) is 0.202. The molecule has 29 heavy (non-hydrogen) atoms. The topological polar surface area (TPSA) is 76.0 Å². The van der Waals surface area contributed by atoms with Gasteiger partial charge in [0.2, 0.25) is 0 Å². The number of nitrogens with zero attached hydrogens (tertiary/aromatic N) is 2. The average molecular weight is 388 g/mol. The van der Waals surface area contributed by atoms with Crippen LogP contribution in [0.4, 0.5) is 5.82 Å². The largest absolute Gasteiger partial charge is 0.365 e. The second-order valence-electron chi connectivity index (χ2n) is 7.36. The number of benzene rings is 2. The second kappa shape index (κ2) is 8.31. The van der Waals surface area contributed by atoms with Crippen molar-refractivity contribution in [1.82, 2.24) is 14.9 Å². The van der Waals surface area contributed by atoms with Crippen molar-refractivity contribution in [3.8, 4) is 5.69 Å². The molecule has 4 rings (SSSR count). The quantitative estimate of drug-likeness (QED) is 0.652. The summed E-state index contributed by atoms with van der Waals surface area (Å²) < 4.78 is 1.54. The summed E-state index contributed by atoms with van der Waals surface area (Å²) in [7, 11) is 0. The van der Waals surface area contributed by atoms with Gasteiger partial charge in [0.25, 0.3) is 11.5 Å². The number of hydrogen-bond donors (Lipinski definition) is 2. The van der Waals surface area contributed by atoms with Crippen molar-refractivity contribution >= 4 is 11.7 Å². The molecule has 1 aliphatic rings. The molecule has 1 heterocycles. The van der Waals surface area contributed by atoms with Crippen molar-refractivity contribution < 1.29 is 4.79 Å². The van der Waals surface area contributed by atoms with Crippen LogP contribution >= 0.6 is 0 Å². The fraction of sp³-hybridized carbons (Fsp3) is 0.261. The van der Waals surface area contributed by atoms with E-state index in [0.29, 0.717) is 23.6 Å². The maximum absolute atomic E-state index is 13.0. The van der Waals surface area contributed by atoms with Crippen LogP contribution in [0.25, 0.3) is 5.69 Å². The fourth-order valence-electron chi connectivity index (χ4n) is 3.20. The van der Waals surface area contributed by atoms with E-state index in [0.717, 1.165) is 24.8 Å². The van der Waals surface area contributed by atoms with Crippen molar-refractivity contribution in [3.63, 3.8) is 0 Å². The Hall–Kier alpha value is -3.41. The molecule has 3 aromatic rings. The number of carbonyl (C=O) groups excluding carboxylic acids is 1. The van der Waals surface area contributed by atoms with Gasteiger partial charge in [-0.1, -0.05) is 36.4 Å². The molecule has 0 unspecified atom stereocenters. The number of nitrogens with one attached hydrogen (secondary N) is 2. The molecule has 2 N–H and O–H groups in total. The van der Waals surface area contributed by atoms with Crippen LogP contribution in [0.3, 0.4) is 0 Å². The molecule has 6 nitrogen and oxygen atoms in total. The van der Waals surface area contributed by atoms with Gasteiger partial charge < -0.3 is 10.6 Å². The van der Waals surface area contributed by atoms with E-state index in [-0.39, 0.29) is 17.5 Å². The van der Waals surface area contributed by atoms with Crippen molar-refractivity contribution in [2.75, 3.05) is 11.9 Å². The Balaban J connectivity index is 1.54. The van der Waals surface area contributed by atoms with Crippen molar-refractivity contribution in [1.29, 1.82) is 0 Å². The summed E-state index contributed by atoms with van der Waals surface area (Å²) >= 11 is 0. The Kier molecular flexibility index (Phi) is 5.42. The van der Waals surface area contributed by atoms with E-state index in [4.69, 9.17) is 0 Å². The first-order valence-electron chi connectivity index (χ1n) is 9.89. The third-order valence-corrected chi connectivity index (χ3v) is 5.03. The standard InChI is InChI=1S/C23H24N4O2/c1-16-7-8-18(22(28)26-19-9-10-19)15-20(16)27-14-13-25-21(23(27)29)24-12-11-17-5-3-2-4-6-17/h2-8,13-15,19H,9-12H2,1H3,(H,24,25)(H,26,28). The molecule has 0 aliphatic heterocycles. The minimum atomic E-state index is -0.233. The highest BCUT2D eigenvalue weighted by molar-refractivity contribution is 5.95. The molecule has 6 heteroatoms. The first-order chi connectivity index (χ1) is 14.1. The Labute approximate surface area is 169 Å². The summed E-state index contributed by atoms with van der Waals surface area (Å²) in [6.07, 6.45) is 6.10. The minimum Gasteiger partial charge on any atom is -0.365 e. The maximum atomic E-state index is 13.0. The highest BCUT2D eigenvalue weighted by Crippen LogP contribution is 2.20. The van der Waals surface area contributed by atoms with Crippen molar-refractivity contribution in [2.45, 2.75) is 32.2 Å². The molecular weight excluding hydrogens is 364 g/mol. The molecule has 1 aliphatic carbocycles. The molecule has 1 amide bonds. The van der Waals surface area contributed by atoms with Crippen LogP contribution in [0.5, 0.6) is 0 Å². The van der Waals surface area contributed by atoms with Gasteiger partial charge in [-0.3, -0.25) is 14.2 Å². The zero-order valence-corrected chi connectivity index (χ0v) is 16.4. The number of amides is 1. The summed E-state index contributed by atoms with van der Waals surface area (Å²) in [5, 5.41) is 6.13. The van der Waals surface area contributed by atoms with Crippen LogP contribution in [-0.4, -0.2) is 28.0 Å². The highest BCUT2D eigenvalue weighted by atomic mass is 16.2. The Bertz CT molecular complexity index is 1070. The first kappa shape index (κ1) is 18.9. The summed E-state index contributed by atoms with van der Waals surface area (Å²) in [4.78, 5) is 29.6. The van der Waals surface area contributed by atoms with Crippen LogP contribution in [0.1, 0.15) is 34.3 Å². The monoisotopic (exact) mass is 388 g/mol. The average Bonchev–Trinajstić information content (AvgIpc) is 3.55. The number of hydrogen-bond acceptors (Lipinski definition) is 4. The lowest BCUT2D eigenvalue weighted by Crippen LogP contribution is -2.27. The fourth-order valence-corrected chi connectivity index (χ4v) is 3.20. The molecule has 1 aromatic heterocycles. The van der Waals surface area contributed by atoms with Crippen LogP contribution in [0.2, 0.25) is 0 Å². The van der Waals surface area contributed by atoms with E-state index >= 15 is 0 Å². The molecule has 2 aromatic carbocycles. The zero-order valence-electron chi connectivity index (χ0n) is 16.4. The van der Waals surface area contributed by atoms with Crippen LogP contribution in [0, 0.1) is 6.92 Å². The van der Waals surface area contributed by atoms with Gasteiger partial charge in [-0.2, -0.15) is 0 Å². The normalized spacial score (nSPS) is 13.1. The van der Waals surface area contributed by atoms with Gasteiger partial charge in [0, 0.05) is 30.5 Å².